The van der Waals surface area contributed by atoms with Crippen molar-refractivity contribution in [2.24, 2.45) is 0 Å². The Morgan fingerprint density at radius 3 is 2.95 bits per heavy atom. The van der Waals surface area contributed by atoms with Crippen LogP contribution >= 0.6 is 27.3 Å². The molecule has 0 saturated carbocycles. The van der Waals surface area contributed by atoms with Crippen LogP contribution in [0.15, 0.2) is 34.1 Å². The average molecular weight is 366 g/mol. The van der Waals surface area contributed by atoms with E-state index in [9.17, 15) is 9.90 Å². The summed E-state index contributed by atoms with van der Waals surface area (Å²) in [6.07, 6.45) is 1.84. The van der Waals surface area contributed by atoms with Crippen LogP contribution in [0, 0.1) is 0 Å². The number of hydrogen-bond acceptors (Lipinski definition) is 3. The molecule has 0 amide bonds. The fraction of sp³-hybridized carbons (Fsp3) is 0.312. The van der Waals surface area contributed by atoms with Crippen LogP contribution in [-0.4, -0.2) is 17.6 Å². The largest absolute Gasteiger partial charge is 0.478 e. The first-order valence-electron chi connectivity index (χ1n) is 6.93. The van der Waals surface area contributed by atoms with Crippen molar-refractivity contribution < 1.29 is 9.90 Å². The maximum atomic E-state index is 11.4. The van der Waals surface area contributed by atoms with Gasteiger partial charge in [0, 0.05) is 27.0 Å². The number of rotatable bonds is 3. The van der Waals surface area contributed by atoms with Crippen molar-refractivity contribution in [3.8, 4) is 0 Å². The van der Waals surface area contributed by atoms with Crippen LogP contribution in [0.25, 0.3) is 0 Å². The van der Waals surface area contributed by atoms with E-state index < -0.39 is 5.97 Å². The van der Waals surface area contributed by atoms with Gasteiger partial charge in [0.1, 0.15) is 0 Å². The van der Waals surface area contributed by atoms with Gasteiger partial charge >= 0.3 is 5.97 Å². The minimum atomic E-state index is -0.833. The van der Waals surface area contributed by atoms with Gasteiger partial charge in [0.15, 0.2) is 0 Å². The number of fused-ring (bicyclic) bond motifs is 1. The number of hydrogen-bond donors (Lipinski definition) is 1. The molecule has 1 aliphatic rings. The first-order valence-corrected chi connectivity index (χ1v) is 8.61. The molecule has 1 aromatic carbocycles. The van der Waals surface area contributed by atoms with Crippen molar-refractivity contribution in [2.75, 3.05) is 11.4 Å². The zero-order chi connectivity index (χ0) is 15.0. The average Bonchev–Trinajstić information content (AvgIpc) is 2.91. The zero-order valence-electron chi connectivity index (χ0n) is 11.7. The molecule has 1 atom stereocenters. The molecule has 3 rings (SSSR count). The van der Waals surface area contributed by atoms with E-state index in [0.29, 0.717) is 5.56 Å². The number of aromatic carboxylic acids is 1. The van der Waals surface area contributed by atoms with Crippen LogP contribution in [0.2, 0.25) is 0 Å². The number of carboxylic acid groups (broad SMARTS) is 1. The van der Waals surface area contributed by atoms with Gasteiger partial charge in [0.25, 0.3) is 0 Å². The molecule has 3 nitrogen and oxygen atoms in total. The third kappa shape index (κ3) is 2.72. The molecule has 0 spiro atoms. The van der Waals surface area contributed by atoms with E-state index >= 15 is 0 Å². The third-order valence-corrected chi connectivity index (χ3v) is 5.85. The lowest BCUT2D eigenvalue weighted by molar-refractivity contribution is 0.0695. The minimum absolute atomic E-state index is 0.254. The van der Waals surface area contributed by atoms with Crippen molar-refractivity contribution >= 4 is 38.9 Å². The first-order chi connectivity index (χ1) is 10.1. The number of carbonyl (C=O) groups is 1. The lowest BCUT2D eigenvalue weighted by Gasteiger charge is -2.36. The molecule has 1 unspecified atom stereocenters. The molecule has 2 heterocycles. The minimum Gasteiger partial charge on any atom is -0.478 e. The van der Waals surface area contributed by atoms with Gasteiger partial charge in [-0.25, -0.2) is 4.79 Å². The zero-order valence-corrected chi connectivity index (χ0v) is 14.1. The standard InChI is InChI=1S/C16H16BrNO2S/c1-10(15-8-11(17)9-21-15)18-7-3-5-12-13(16(19)20)4-2-6-14(12)18/h2,4,6,8-10H,3,5,7H2,1H3,(H,19,20). The summed E-state index contributed by atoms with van der Waals surface area (Å²) < 4.78 is 1.10. The first kappa shape index (κ1) is 14.6. The van der Waals surface area contributed by atoms with Gasteiger partial charge in [0.05, 0.1) is 11.6 Å². The summed E-state index contributed by atoms with van der Waals surface area (Å²) in [5.41, 5.74) is 2.48. The fourth-order valence-corrected chi connectivity index (χ4v) is 4.47. The molecule has 0 fully saturated rings. The SMILES string of the molecule is CC(c1cc(Br)cs1)N1CCCc2c(C(=O)O)cccc21. The van der Waals surface area contributed by atoms with Crippen LogP contribution in [0.1, 0.15) is 40.2 Å². The van der Waals surface area contributed by atoms with Gasteiger partial charge in [-0.1, -0.05) is 6.07 Å². The second-order valence-corrected chi connectivity index (χ2v) is 7.11. The second-order valence-electron chi connectivity index (χ2n) is 5.25. The van der Waals surface area contributed by atoms with E-state index in [-0.39, 0.29) is 6.04 Å². The van der Waals surface area contributed by atoms with Crippen molar-refractivity contribution in [3.63, 3.8) is 0 Å². The Bertz CT molecular complexity index is 683. The number of nitrogens with zero attached hydrogens (tertiary/aromatic N) is 1. The van der Waals surface area contributed by atoms with Gasteiger partial charge < -0.3 is 10.0 Å². The van der Waals surface area contributed by atoms with Crippen molar-refractivity contribution in [1.29, 1.82) is 0 Å². The molecule has 1 aromatic heterocycles. The molecule has 0 radical (unpaired) electrons. The van der Waals surface area contributed by atoms with Crippen LogP contribution in [0.5, 0.6) is 0 Å². The Kier molecular flexibility index (Phi) is 4.04. The second kappa shape index (κ2) is 5.81. The number of carboxylic acids is 1. The molecule has 0 aliphatic carbocycles. The molecule has 5 heteroatoms. The van der Waals surface area contributed by atoms with E-state index in [1.165, 1.54) is 4.88 Å². The van der Waals surface area contributed by atoms with Crippen molar-refractivity contribution in [2.45, 2.75) is 25.8 Å². The van der Waals surface area contributed by atoms with Crippen LogP contribution in [0.4, 0.5) is 5.69 Å². The maximum absolute atomic E-state index is 11.4. The molecule has 21 heavy (non-hydrogen) atoms. The van der Waals surface area contributed by atoms with Crippen LogP contribution in [-0.2, 0) is 6.42 Å². The predicted octanol–water partition coefficient (Wildman–Crippen LogP) is 4.72. The molecule has 110 valence electrons. The van der Waals surface area contributed by atoms with Crippen LogP contribution in [0.3, 0.4) is 0 Å². The lowest BCUT2D eigenvalue weighted by atomic mass is 9.95. The molecular formula is C16H16BrNO2S. The quantitative estimate of drug-likeness (QED) is 0.854. The van der Waals surface area contributed by atoms with E-state index in [1.54, 1.807) is 17.4 Å². The molecule has 1 aliphatic heterocycles. The highest BCUT2D eigenvalue weighted by Crippen LogP contribution is 2.37. The van der Waals surface area contributed by atoms with Crippen molar-refractivity contribution in [3.05, 3.63) is 50.1 Å². The van der Waals surface area contributed by atoms with Gasteiger partial charge in [-0.2, -0.15) is 0 Å². The van der Waals surface area contributed by atoms with E-state index in [1.807, 2.05) is 12.1 Å². The Balaban J connectivity index is 2.01. The number of halogens is 1. The summed E-state index contributed by atoms with van der Waals surface area (Å²) in [4.78, 5) is 15.0. The van der Waals surface area contributed by atoms with Gasteiger partial charge in [-0.05, 0) is 59.5 Å². The Morgan fingerprint density at radius 2 is 2.29 bits per heavy atom. The van der Waals surface area contributed by atoms with E-state index in [4.69, 9.17) is 0 Å². The lowest BCUT2D eigenvalue weighted by Crippen LogP contribution is -2.32. The highest BCUT2D eigenvalue weighted by Gasteiger charge is 2.26. The number of anilines is 1. The Hall–Kier alpha value is -1.33. The van der Waals surface area contributed by atoms with Gasteiger partial charge in [0.2, 0.25) is 0 Å². The molecule has 0 saturated heterocycles. The summed E-state index contributed by atoms with van der Waals surface area (Å²) in [6, 6.07) is 7.99. The summed E-state index contributed by atoms with van der Waals surface area (Å²) in [5.74, 6) is -0.833. The molecule has 1 N–H and O–H groups in total. The summed E-state index contributed by atoms with van der Waals surface area (Å²) in [5, 5.41) is 11.5. The fourth-order valence-electron chi connectivity index (χ4n) is 2.96. The highest BCUT2D eigenvalue weighted by molar-refractivity contribution is 9.10. The third-order valence-electron chi connectivity index (χ3n) is 3.98. The highest BCUT2D eigenvalue weighted by atomic mass is 79.9. The summed E-state index contributed by atoms with van der Waals surface area (Å²) in [7, 11) is 0. The van der Waals surface area contributed by atoms with Crippen molar-refractivity contribution in [1.82, 2.24) is 0 Å². The molecular weight excluding hydrogens is 350 g/mol. The predicted molar refractivity (Wildman–Crippen MR) is 89.5 cm³/mol. The van der Waals surface area contributed by atoms with Crippen LogP contribution < -0.4 is 4.90 Å². The Morgan fingerprint density at radius 1 is 1.48 bits per heavy atom. The Labute approximate surface area is 136 Å². The van der Waals surface area contributed by atoms with E-state index in [2.05, 4.69) is 39.2 Å². The summed E-state index contributed by atoms with van der Waals surface area (Å²) in [6.45, 7) is 3.15. The normalized spacial score (nSPS) is 15.6. The molecule has 2 aromatic rings. The maximum Gasteiger partial charge on any atom is 0.336 e. The number of benzene rings is 1. The molecule has 0 bridgehead atoms. The van der Waals surface area contributed by atoms with E-state index in [0.717, 1.165) is 35.1 Å². The number of thiophene rings is 1. The monoisotopic (exact) mass is 365 g/mol. The van der Waals surface area contributed by atoms with Gasteiger partial charge in [-0.3, -0.25) is 0 Å². The summed E-state index contributed by atoms with van der Waals surface area (Å²) >= 11 is 5.23. The topological polar surface area (TPSA) is 40.5 Å². The van der Waals surface area contributed by atoms with Gasteiger partial charge in [-0.15, -0.1) is 11.3 Å². The smallest absolute Gasteiger partial charge is 0.336 e.